The van der Waals surface area contributed by atoms with Gasteiger partial charge in [0.25, 0.3) is 0 Å². The topological polar surface area (TPSA) is 67.4 Å². The van der Waals surface area contributed by atoms with Crippen LogP contribution in [0.4, 0.5) is 0 Å². The Morgan fingerprint density at radius 1 is 1.43 bits per heavy atom. The van der Waals surface area contributed by atoms with Crippen LogP contribution in [0.2, 0.25) is 5.15 Å². The first-order chi connectivity index (χ1) is 11.1. The molecular weight excluding hydrogens is 334 g/mol. The number of aromatic nitrogens is 2. The molecule has 0 N–H and O–H groups in total. The number of ether oxygens (including phenoxy) is 1. The van der Waals surface area contributed by atoms with E-state index in [0.29, 0.717) is 22.0 Å². The van der Waals surface area contributed by atoms with Crippen LogP contribution in [0.25, 0.3) is 11.0 Å². The van der Waals surface area contributed by atoms with Gasteiger partial charge in [0.15, 0.2) is 10.1 Å². The molecule has 0 aliphatic carbocycles. The number of Topliss-reactive ketones (excluding diaryl/α,β-unsaturated/α-hetero) is 1. The maximum atomic E-state index is 12.5. The molecule has 3 rings (SSSR count). The zero-order valence-electron chi connectivity index (χ0n) is 12.0. The number of thiazole rings is 1. The molecule has 0 amide bonds. The third-order valence-electron chi connectivity index (χ3n) is 3.25. The van der Waals surface area contributed by atoms with Crippen LogP contribution in [0.3, 0.4) is 0 Å². The van der Waals surface area contributed by atoms with Gasteiger partial charge in [0.2, 0.25) is 5.78 Å². The molecule has 0 atom stereocenters. The highest BCUT2D eigenvalue weighted by Gasteiger charge is 2.16. The van der Waals surface area contributed by atoms with Crippen molar-refractivity contribution in [3.8, 4) is 11.8 Å². The Balaban J connectivity index is 2.01. The van der Waals surface area contributed by atoms with Crippen LogP contribution in [0.5, 0.6) is 5.75 Å². The lowest BCUT2D eigenvalue weighted by atomic mass is 10.0. The lowest BCUT2D eigenvalue weighted by molar-refractivity contribution is 0.104. The number of rotatable bonds is 4. The predicted octanol–water partition coefficient (Wildman–Crippen LogP) is 3.85. The van der Waals surface area contributed by atoms with E-state index in [2.05, 4.69) is 4.98 Å². The van der Waals surface area contributed by atoms with E-state index in [4.69, 9.17) is 16.3 Å². The first-order valence-electron chi connectivity index (χ1n) is 6.55. The van der Waals surface area contributed by atoms with Gasteiger partial charge in [-0.25, -0.2) is 4.98 Å². The minimum absolute atomic E-state index is 0.00920. The Kier molecular flexibility index (Phi) is 4.15. The number of nitrogens with zero attached hydrogens (tertiary/aromatic N) is 3. The maximum Gasteiger partial charge on any atom is 0.203 e. The van der Waals surface area contributed by atoms with E-state index < -0.39 is 0 Å². The van der Waals surface area contributed by atoms with Crippen molar-refractivity contribution in [2.45, 2.75) is 0 Å². The fourth-order valence-corrected chi connectivity index (χ4v) is 3.09. The summed E-state index contributed by atoms with van der Waals surface area (Å²) >= 11 is 7.52. The summed E-state index contributed by atoms with van der Waals surface area (Å²) in [5.41, 5.74) is 0.909. The highest BCUT2D eigenvalue weighted by molar-refractivity contribution is 7.15. The molecule has 0 bridgehead atoms. The van der Waals surface area contributed by atoms with Gasteiger partial charge < -0.3 is 4.74 Å². The van der Waals surface area contributed by atoms with E-state index in [1.165, 1.54) is 17.4 Å². The molecule has 114 valence electrons. The van der Waals surface area contributed by atoms with Crippen molar-refractivity contribution in [3.05, 3.63) is 57.8 Å². The third kappa shape index (κ3) is 2.84. The summed E-state index contributed by atoms with van der Waals surface area (Å²) < 4.78 is 6.80. The number of carbonyl (C=O) groups is 1. The van der Waals surface area contributed by atoms with Crippen molar-refractivity contribution in [1.82, 2.24) is 9.38 Å². The smallest absolute Gasteiger partial charge is 0.203 e. The van der Waals surface area contributed by atoms with Crippen LogP contribution in [0.1, 0.15) is 16.1 Å². The standard InChI is InChI=1S/C16H10ClN3O2S/c1-22-12-4-2-10(3-5-12)14(21)11(9-18)8-13-15(17)19-16-20(13)6-7-23-16/h2-8H,1H3/b11-8+. The zero-order valence-corrected chi connectivity index (χ0v) is 13.6. The largest absolute Gasteiger partial charge is 0.497 e. The quantitative estimate of drug-likeness (QED) is 0.410. The summed E-state index contributed by atoms with van der Waals surface area (Å²) in [5, 5.41) is 11.4. The molecule has 2 aromatic heterocycles. The molecule has 0 aliphatic rings. The van der Waals surface area contributed by atoms with Gasteiger partial charge in [0.1, 0.15) is 17.4 Å². The molecular formula is C16H10ClN3O2S. The number of benzene rings is 1. The molecule has 0 aliphatic heterocycles. The van der Waals surface area contributed by atoms with E-state index in [1.807, 2.05) is 11.4 Å². The van der Waals surface area contributed by atoms with Crippen molar-refractivity contribution in [2.24, 2.45) is 0 Å². The summed E-state index contributed by atoms with van der Waals surface area (Å²) in [5.74, 6) is 0.263. The van der Waals surface area contributed by atoms with Gasteiger partial charge in [0, 0.05) is 17.1 Å². The van der Waals surface area contributed by atoms with Gasteiger partial charge in [-0.2, -0.15) is 5.26 Å². The summed E-state index contributed by atoms with van der Waals surface area (Å²) in [6, 6.07) is 8.51. The number of allylic oxidation sites excluding steroid dienone is 1. The zero-order chi connectivity index (χ0) is 16.4. The van der Waals surface area contributed by atoms with Crippen LogP contribution in [-0.2, 0) is 0 Å². The van der Waals surface area contributed by atoms with E-state index in [-0.39, 0.29) is 16.5 Å². The predicted molar refractivity (Wildman–Crippen MR) is 89.0 cm³/mol. The summed E-state index contributed by atoms with van der Waals surface area (Å²) in [6.45, 7) is 0. The van der Waals surface area contributed by atoms with Gasteiger partial charge in [0.05, 0.1) is 12.8 Å². The molecule has 7 heteroatoms. The number of methoxy groups -OCH3 is 1. The van der Waals surface area contributed by atoms with Gasteiger partial charge >= 0.3 is 0 Å². The number of ketones is 1. The lowest BCUT2D eigenvalue weighted by Gasteiger charge is -2.02. The molecule has 3 aromatic rings. The summed E-state index contributed by atoms with van der Waals surface area (Å²) in [4.78, 5) is 17.4. The maximum absolute atomic E-state index is 12.5. The van der Waals surface area contributed by atoms with E-state index in [0.717, 1.165) is 0 Å². The van der Waals surface area contributed by atoms with Gasteiger partial charge in [-0.3, -0.25) is 9.20 Å². The molecule has 0 spiro atoms. The van der Waals surface area contributed by atoms with E-state index in [1.54, 1.807) is 42.0 Å². The van der Waals surface area contributed by atoms with Gasteiger partial charge in [-0.1, -0.05) is 11.6 Å². The number of carbonyl (C=O) groups excluding carboxylic acids is 1. The summed E-state index contributed by atoms with van der Waals surface area (Å²) in [7, 11) is 1.55. The molecule has 0 unspecified atom stereocenters. The molecule has 5 nitrogen and oxygen atoms in total. The minimum atomic E-state index is -0.378. The Bertz CT molecular complexity index is 948. The number of hydrogen-bond donors (Lipinski definition) is 0. The third-order valence-corrected chi connectivity index (χ3v) is 4.29. The number of imidazole rings is 1. The normalized spacial score (nSPS) is 11.4. The van der Waals surface area contributed by atoms with Crippen molar-refractivity contribution in [1.29, 1.82) is 5.26 Å². The first kappa shape index (κ1) is 15.3. The molecule has 0 saturated carbocycles. The molecule has 23 heavy (non-hydrogen) atoms. The average Bonchev–Trinajstić information content (AvgIpc) is 3.13. The Morgan fingerprint density at radius 3 is 2.83 bits per heavy atom. The van der Waals surface area contributed by atoms with Crippen molar-refractivity contribution < 1.29 is 9.53 Å². The second-order valence-corrected chi connectivity index (χ2v) is 5.80. The molecule has 2 heterocycles. The Labute approximate surface area is 141 Å². The second-order valence-electron chi connectivity index (χ2n) is 4.57. The number of hydrogen-bond acceptors (Lipinski definition) is 5. The lowest BCUT2D eigenvalue weighted by Crippen LogP contribution is -2.02. The van der Waals surface area contributed by atoms with Crippen molar-refractivity contribution in [3.63, 3.8) is 0 Å². The molecule has 1 aromatic carbocycles. The van der Waals surface area contributed by atoms with E-state index >= 15 is 0 Å². The number of fused-ring (bicyclic) bond motifs is 1. The van der Waals surface area contributed by atoms with Gasteiger partial charge in [-0.05, 0) is 30.3 Å². The average molecular weight is 344 g/mol. The second kappa shape index (κ2) is 6.24. The fraction of sp³-hybridized carbons (Fsp3) is 0.0625. The summed E-state index contributed by atoms with van der Waals surface area (Å²) in [6.07, 6.45) is 3.25. The highest BCUT2D eigenvalue weighted by atomic mass is 35.5. The highest BCUT2D eigenvalue weighted by Crippen LogP contribution is 2.24. The first-order valence-corrected chi connectivity index (χ1v) is 7.81. The molecule has 0 radical (unpaired) electrons. The SMILES string of the molecule is COc1ccc(C(=O)/C(C#N)=C/c2c(Cl)nc3sccn23)cc1. The fourth-order valence-electron chi connectivity index (χ4n) is 2.09. The number of halogens is 1. The van der Waals surface area contributed by atoms with Crippen molar-refractivity contribution >= 4 is 39.8 Å². The van der Waals surface area contributed by atoms with Crippen LogP contribution >= 0.6 is 22.9 Å². The minimum Gasteiger partial charge on any atom is -0.497 e. The monoisotopic (exact) mass is 343 g/mol. The number of nitriles is 1. The van der Waals surface area contributed by atoms with Crippen LogP contribution < -0.4 is 4.74 Å². The van der Waals surface area contributed by atoms with Crippen LogP contribution in [0, 0.1) is 11.3 Å². The van der Waals surface area contributed by atoms with E-state index in [9.17, 15) is 10.1 Å². The Hall–Kier alpha value is -2.62. The molecule has 0 saturated heterocycles. The molecule has 0 fully saturated rings. The van der Waals surface area contributed by atoms with Crippen molar-refractivity contribution in [2.75, 3.05) is 7.11 Å². The van der Waals surface area contributed by atoms with Crippen LogP contribution in [0.15, 0.2) is 41.4 Å². The van der Waals surface area contributed by atoms with Gasteiger partial charge in [-0.15, -0.1) is 11.3 Å². The Morgan fingerprint density at radius 2 is 2.17 bits per heavy atom. The van der Waals surface area contributed by atoms with Crippen LogP contribution in [-0.4, -0.2) is 22.3 Å².